The van der Waals surface area contributed by atoms with Crippen molar-refractivity contribution < 1.29 is 9.59 Å². The van der Waals surface area contributed by atoms with Crippen LogP contribution >= 0.6 is 11.3 Å². The van der Waals surface area contributed by atoms with Gasteiger partial charge in [0.15, 0.2) is 0 Å². The van der Waals surface area contributed by atoms with E-state index >= 15 is 0 Å². The van der Waals surface area contributed by atoms with Crippen LogP contribution in [0.3, 0.4) is 0 Å². The zero-order valence-corrected chi connectivity index (χ0v) is 15.4. The number of aryl methyl sites for hydroxylation is 1. The second kappa shape index (κ2) is 6.77. The van der Waals surface area contributed by atoms with Crippen molar-refractivity contribution >= 4 is 23.2 Å². The molecule has 2 fully saturated rings. The van der Waals surface area contributed by atoms with Gasteiger partial charge < -0.3 is 4.90 Å². The summed E-state index contributed by atoms with van der Waals surface area (Å²) in [6, 6.07) is 3.37. The van der Waals surface area contributed by atoms with Gasteiger partial charge in [-0.15, -0.1) is 11.3 Å². The quantitative estimate of drug-likeness (QED) is 0.488. The van der Waals surface area contributed by atoms with Crippen LogP contribution in [0.2, 0.25) is 0 Å². The second-order valence-electron chi connectivity index (χ2n) is 6.90. The first-order chi connectivity index (χ1) is 12.6. The zero-order chi connectivity index (χ0) is 18.3. The lowest BCUT2D eigenvalue weighted by molar-refractivity contribution is 0.0735. The number of nitrogen functional groups attached to an aromatic ring is 1. The largest absolute Gasteiger partial charge is 0.329 e. The van der Waals surface area contributed by atoms with Gasteiger partial charge in [-0.2, -0.15) is 0 Å². The SMILES string of the molecule is Cc1csc([C@H]2CCCN2C(=O)c2cc(C(=O)NN)nc(C3CC3)c2)n1. The van der Waals surface area contributed by atoms with Crippen molar-refractivity contribution in [2.45, 2.75) is 44.6 Å². The molecule has 0 radical (unpaired) electrons. The van der Waals surface area contributed by atoms with E-state index in [4.69, 9.17) is 5.84 Å². The number of nitrogens with one attached hydrogen (secondary N) is 1. The lowest BCUT2D eigenvalue weighted by Gasteiger charge is -2.23. The minimum atomic E-state index is -0.477. The average Bonchev–Trinajstić information content (AvgIpc) is 3.24. The highest BCUT2D eigenvalue weighted by atomic mass is 32.1. The molecule has 0 aromatic carbocycles. The van der Waals surface area contributed by atoms with Gasteiger partial charge in [-0.05, 0) is 44.7 Å². The first-order valence-electron chi connectivity index (χ1n) is 8.82. The molecule has 8 heteroatoms. The molecule has 1 atom stereocenters. The van der Waals surface area contributed by atoms with E-state index in [-0.39, 0.29) is 17.6 Å². The summed E-state index contributed by atoms with van der Waals surface area (Å²) in [7, 11) is 0. The van der Waals surface area contributed by atoms with Crippen molar-refractivity contribution in [1.29, 1.82) is 0 Å². The monoisotopic (exact) mass is 371 g/mol. The molecular weight excluding hydrogens is 350 g/mol. The summed E-state index contributed by atoms with van der Waals surface area (Å²) in [6.45, 7) is 2.66. The molecular formula is C18H21N5O2S. The first kappa shape index (κ1) is 17.1. The predicted octanol–water partition coefficient (Wildman–Crippen LogP) is 2.30. The van der Waals surface area contributed by atoms with E-state index in [1.807, 2.05) is 23.3 Å². The van der Waals surface area contributed by atoms with Crippen LogP contribution in [-0.4, -0.2) is 33.2 Å². The van der Waals surface area contributed by atoms with Gasteiger partial charge in [-0.25, -0.2) is 15.8 Å². The van der Waals surface area contributed by atoms with Crippen LogP contribution in [0.15, 0.2) is 17.5 Å². The van der Waals surface area contributed by atoms with Crippen molar-refractivity contribution in [2.75, 3.05) is 6.54 Å². The predicted molar refractivity (Wildman–Crippen MR) is 97.7 cm³/mol. The van der Waals surface area contributed by atoms with Crippen LogP contribution in [0.1, 0.15) is 74.9 Å². The fourth-order valence-corrected chi connectivity index (χ4v) is 4.35. The Morgan fingerprint density at radius 2 is 2.08 bits per heavy atom. The first-order valence-corrected chi connectivity index (χ1v) is 9.70. The maximum absolute atomic E-state index is 13.2. The molecule has 3 heterocycles. The maximum Gasteiger partial charge on any atom is 0.283 e. The molecule has 1 aliphatic carbocycles. The molecule has 1 saturated carbocycles. The van der Waals surface area contributed by atoms with Gasteiger partial charge in [0.05, 0.1) is 6.04 Å². The van der Waals surface area contributed by atoms with E-state index in [1.165, 1.54) is 0 Å². The molecule has 26 heavy (non-hydrogen) atoms. The molecule has 0 unspecified atom stereocenters. The number of hydrazine groups is 1. The minimum absolute atomic E-state index is 0.00512. The van der Waals surface area contributed by atoms with E-state index in [9.17, 15) is 9.59 Å². The number of pyridine rings is 1. The number of carbonyl (C=O) groups excluding carboxylic acids is 2. The highest BCUT2D eigenvalue weighted by Gasteiger charge is 2.34. The van der Waals surface area contributed by atoms with Crippen molar-refractivity contribution in [3.8, 4) is 0 Å². The molecule has 7 nitrogen and oxygen atoms in total. The summed E-state index contributed by atoms with van der Waals surface area (Å²) in [4.78, 5) is 36.0. The van der Waals surface area contributed by atoms with Crippen LogP contribution in [0.5, 0.6) is 0 Å². The topological polar surface area (TPSA) is 101 Å². The van der Waals surface area contributed by atoms with Crippen LogP contribution in [0, 0.1) is 6.92 Å². The average molecular weight is 371 g/mol. The third kappa shape index (κ3) is 3.22. The summed E-state index contributed by atoms with van der Waals surface area (Å²) < 4.78 is 0. The van der Waals surface area contributed by atoms with E-state index < -0.39 is 5.91 Å². The molecule has 3 N–H and O–H groups in total. The lowest BCUT2D eigenvalue weighted by atomic mass is 10.1. The third-order valence-corrected chi connectivity index (χ3v) is 5.95. The molecule has 136 valence electrons. The highest BCUT2D eigenvalue weighted by molar-refractivity contribution is 7.09. The third-order valence-electron chi connectivity index (χ3n) is 4.89. The number of amides is 2. The van der Waals surface area contributed by atoms with Crippen LogP contribution in [0.4, 0.5) is 0 Å². The van der Waals surface area contributed by atoms with Gasteiger partial charge in [-0.3, -0.25) is 15.0 Å². The number of thiazole rings is 1. The highest BCUT2D eigenvalue weighted by Crippen LogP contribution is 2.40. The summed E-state index contributed by atoms with van der Waals surface area (Å²) in [5, 5.41) is 2.99. The fourth-order valence-electron chi connectivity index (χ4n) is 3.41. The molecule has 2 amide bonds. The summed E-state index contributed by atoms with van der Waals surface area (Å²) in [5.41, 5.74) is 4.58. The molecule has 1 saturated heterocycles. The number of aromatic nitrogens is 2. The van der Waals surface area contributed by atoms with Gasteiger partial charge >= 0.3 is 0 Å². The van der Waals surface area contributed by atoms with Crippen LogP contribution in [0.25, 0.3) is 0 Å². The molecule has 2 aliphatic rings. The smallest absolute Gasteiger partial charge is 0.283 e. The van der Waals surface area contributed by atoms with Gasteiger partial charge in [0, 0.05) is 34.8 Å². The van der Waals surface area contributed by atoms with Crippen LogP contribution < -0.4 is 11.3 Å². The Bertz CT molecular complexity index is 861. The standard InChI is InChI=1S/C18H21N5O2S/c1-10-9-26-17(20-10)15-3-2-6-23(15)18(25)12-7-13(11-4-5-11)21-14(8-12)16(24)22-19/h7-9,11,15H,2-6,19H2,1H3,(H,22,24)/t15-/m1/s1. The Balaban J connectivity index is 1.66. The fraction of sp³-hybridized carbons (Fsp3) is 0.444. The number of nitrogens with zero attached hydrogens (tertiary/aromatic N) is 3. The van der Waals surface area contributed by atoms with Crippen molar-refractivity contribution in [3.63, 3.8) is 0 Å². The Labute approximate surface area is 155 Å². The van der Waals surface area contributed by atoms with Crippen LogP contribution in [-0.2, 0) is 0 Å². The number of rotatable bonds is 4. The summed E-state index contributed by atoms with van der Waals surface area (Å²) in [5.74, 6) is 5.04. The van der Waals surface area contributed by atoms with Gasteiger partial charge in [0.2, 0.25) is 0 Å². The number of hydrogen-bond donors (Lipinski definition) is 2. The molecule has 2 aromatic rings. The minimum Gasteiger partial charge on any atom is -0.329 e. The Morgan fingerprint density at radius 1 is 1.27 bits per heavy atom. The molecule has 1 aliphatic heterocycles. The summed E-state index contributed by atoms with van der Waals surface area (Å²) >= 11 is 1.59. The Kier molecular flexibility index (Phi) is 4.46. The van der Waals surface area contributed by atoms with E-state index in [0.717, 1.165) is 42.1 Å². The van der Waals surface area contributed by atoms with E-state index in [0.29, 0.717) is 18.0 Å². The number of carbonyl (C=O) groups is 2. The number of nitrogens with two attached hydrogens (primary N) is 1. The molecule has 4 rings (SSSR count). The molecule has 0 bridgehead atoms. The Morgan fingerprint density at radius 3 is 2.73 bits per heavy atom. The van der Waals surface area contributed by atoms with E-state index in [1.54, 1.807) is 17.4 Å². The summed E-state index contributed by atoms with van der Waals surface area (Å²) in [6.07, 6.45) is 3.94. The normalized spacial score (nSPS) is 19.6. The van der Waals surface area contributed by atoms with Crippen molar-refractivity contribution in [1.82, 2.24) is 20.3 Å². The Hall–Kier alpha value is -2.32. The van der Waals surface area contributed by atoms with Crippen molar-refractivity contribution in [2.24, 2.45) is 5.84 Å². The van der Waals surface area contributed by atoms with E-state index in [2.05, 4.69) is 15.4 Å². The molecule has 2 aromatic heterocycles. The molecule has 0 spiro atoms. The lowest BCUT2D eigenvalue weighted by Crippen LogP contribution is -2.33. The van der Waals surface area contributed by atoms with Gasteiger partial charge in [0.25, 0.3) is 11.8 Å². The maximum atomic E-state index is 13.2. The van der Waals surface area contributed by atoms with Gasteiger partial charge in [0.1, 0.15) is 10.7 Å². The zero-order valence-electron chi connectivity index (χ0n) is 14.6. The van der Waals surface area contributed by atoms with Gasteiger partial charge in [-0.1, -0.05) is 0 Å². The number of hydrogen-bond acceptors (Lipinski definition) is 6. The van der Waals surface area contributed by atoms with Crippen molar-refractivity contribution in [3.05, 3.63) is 45.2 Å². The number of likely N-dealkylation sites (tertiary alicyclic amines) is 1. The second-order valence-corrected chi connectivity index (χ2v) is 7.79.